The van der Waals surface area contributed by atoms with E-state index in [4.69, 9.17) is 0 Å². The quantitative estimate of drug-likeness (QED) is 0.798. The number of rotatable bonds is 3. The summed E-state index contributed by atoms with van der Waals surface area (Å²) in [7, 11) is -3.25. The van der Waals surface area contributed by atoms with Crippen molar-refractivity contribution in [2.45, 2.75) is 6.92 Å². The molecule has 0 atom stereocenters. The molecule has 1 N–H and O–H groups in total. The van der Waals surface area contributed by atoms with E-state index >= 15 is 0 Å². The molecule has 116 valence electrons. The number of nitrogens with zero attached hydrogens (tertiary/aromatic N) is 2. The van der Waals surface area contributed by atoms with Gasteiger partial charge in [-0.05, 0) is 31.2 Å². The van der Waals surface area contributed by atoms with E-state index in [1.807, 2.05) is 47.9 Å². The van der Waals surface area contributed by atoms with E-state index in [1.54, 1.807) is 12.1 Å². The van der Waals surface area contributed by atoms with Gasteiger partial charge < -0.3 is 4.40 Å². The first-order valence-corrected chi connectivity index (χ1v) is 8.35. The van der Waals surface area contributed by atoms with Crippen LogP contribution in [0.4, 0.5) is 5.69 Å². The zero-order valence-corrected chi connectivity index (χ0v) is 13.8. The summed E-state index contributed by atoms with van der Waals surface area (Å²) in [6.45, 7) is 2.01. The summed E-state index contributed by atoms with van der Waals surface area (Å²) in [6.07, 6.45) is 3.11. The minimum Gasteiger partial charge on any atom is -0.304 e. The monoisotopic (exact) mass is 337 g/mol. The number of hydrogen-bond acceptors (Lipinski definition) is 3. The van der Waals surface area contributed by atoms with Gasteiger partial charge in [-0.3, -0.25) is 4.72 Å². The third kappa shape index (κ3) is 3.23. The largest absolute Gasteiger partial charge is 0.304 e. The van der Waals surface area contributed by atoms with Crippen LogP contribution >= 0.6 is 12.4 Å². The van der Waals surface area contributed by atoms with Gasteiger partial charge in [0.15, 0.2) is 0 Å². The Morgan fingerprint density at radius 1 is 1.09 bits per heavy atom. The van der Waals surface area contributed by atoms with Crippen molar-refractivity contribution in [1.82, 2.24) is 9.38 Å². The van der Waals surface area contributed by atoms with E-state index < -0.39 is 10.0 Å². The van der Waals surface area contributed by atoms with Crippen molar-refractivity contribution in [3.05, 3.63) is 54.4 Å². The second kappa shape index (κ2) is 5.98. The maximum absolute atomic E-state index is 11.2. The number of nitrogens with one attached hydrogen (secondary N) is 1. The number of imidazole rings is 1. The molecule has 0 saturated carbocycles. The Labute approximate surface area is 135 Å². The van der Waals surface area contributed by atoms with Crippen LogP contribution in [-0.2, 0) is 10.0 Å². The fourth-order valence-electron chi connectivity index (χ4n) is 2.30. The molecule has 3 aromatic rings. The Kier molecular flexibility index (Phi) is 4.44. The summed E-state index contributed by atoms with van der Waals surface area (Å²) in [5.74, 6) is 0. The predicted molar refractivity (Wildman–Crippen MR) is 91.1 cm³/mol. The maximum atomic E-state index is 11.2. The first-order chi connectivity index (χ1) is 9.94. The van der Waals surface area contributed by atoms with Crippen molar-refractivity contribution in [2.75, 3.05) is 11.0 Å². The molecular weight excluding hydrogens is 322 g/mol. The van der Waals surface area contributed by atoms with Crippen LogP contribution in [0.1, 0.15) is 5.69 Å². The molecule has 0 aliphatic carbocycles. The molecule has 0 spiro atoms. The Morgan fingerprint density at radius 2 is 1.77 bits per heavy atom. The van der Waals surface area contributed by atoms with Gasteiger partial charge in [-0.25, -0.2) is 13.4 Å². The molecule has 0 amide bonds. The van der Waals surface area contributed by atoms with Crippen LogP contribution in [-0.4, -0.2) is 24.1 Å². The smallest absolute Gasteiger partial charge is 0.229 e. The molecule has 0 fully saturated rings. The third-order valence-corrected chi connectivity index (χ3v) is 3.84. The molecule has 5 nitrogen and oxygen atoms in total. The summed E-state index contributed by atoms with van der Waals surface area (Å²) in [6, 6.07) is 13.1. The van der Waals surface area contributed by atoms with Crippen LogP contribution in [0.2, 0.25) is 0 Å². The van der Waals surface area contributed by atoms with Gasteiger partial charge in [0.05, 0.1) is 11.9 Å². The number of pyridine rings is 1. The number of anilines is 1. The van der Waals surface area contributed by atoms with Crippen LogP contribution in [0.3, 0.4) is 0 Å². The SMILES string of the molecule is Cc1c(-c2ccc(NS(C)(=O)=O)cc2)nc2ccccn12.Cl. The highest BCUT2D eigenvalue weighted by atomic mass is 35.5. The van der Waals surface area contributed by atoms with Crippen molar-refractivity contribution in [3.8, 4) is 11.3 Å². The van der Waals surface area contributed by atoms with Gasteiger partial charge in [0.1, 0.15) is 5.65 Å². The van der Waals surface area contributed by atoms with E-state index in [9.17, 15) is 8.42 Å². The molecule has 0 saturated heterocycles. The number of aromatic nitrogens is 2. The lowest BCUT2D eigenvalue weighted by molar-refractivity contribution is 0.607. The van der Waals surface area contributed by atoms with Crippen molar-refractivity contribution < 1.29 is 8.42 Å². The Hall–Kier alpha value is -2.05. The molecule has 3 rings (SSSR count). The third-order valence-electron chi connectivity index (χ3n) is 3.23. The molecule has 1 aromatic carbocycles. The minimum absolute atomic E-state index is 0. The lowest BCUT2D eigenvalue weighted by Crippen LogP contribution is -2.09. The molecule has 0 aliphatic heterocycles. The molecule has 0 radical (unpaired) electrons. The van der Waals surface area contributed by atoms with Crippen LogP contribution in [0, 0.1) is 6.92 Å². The molecule has 0 aliphatic rings. The summed E-state index contributed by atoms with van der Waals surface area (Å²) < 4.78 is 26.9. The molecule has 2 heterocycles. The normalized spacial score (nSPS) is 11.2. The van der Waals surface area contributed by atoms with Gasteiger partial charge in [0.2, 0.25) is 10.0 Å². The first kappa shape index (κ1) is 16.3. The van der Waals surface area contributed by atoms with Gasteiger partial charge in [0.25, 0.3) is 0 Å². The number of hydrogen-bond donors (Lipinski definition) is 1. The predicted octanol–water partition coefficient (Wildman–Crippen LogP) is 3.10. The highest BCUT2D eigenvalue weighted by molar-refractivity contribution is 7.92. The van der Waals surface area contributed by atoms with E-state index in [-0.39, 0.29) is 12.4 Å². The van der Waals surface area contributed by atoms with Crippen molar-refractivity contribution in [1.29, 1.82) is 0 Å². The maximum Gasteiger partial charge on any atom is 0.229 e. The summed E-state index contributed by atoms with van der Waals surface area (Å²) in [5.41, 5.74) is 4.34. The second-order valence-electron chi connectivity index (χ2n) is 4.93. The molecular formula is C15H16ClN3O2S. The number of sulfonamides is 1. The highest BCUT2D eigenvalue weighted by Gasteiger charge is 2.10. The molecule has 2 aromatic heterocycles. The second-order valence-corrected chi connectivity index (χ2v) is 6.67. The fourth-order valence-corrected chi connectivity index (χ4v) is 2.87. The zero-order valence-electron chi connectivity index (χ0n) is 12.1. The zero-order chi connectivity index (χ0) is 15.0. The summed E-state index contributed by atoms with van der Waals surface area (Å²) in [4.78, 5) is 4.61. The highest BCUT2D eigenvalue weighted by Crippen LogP contribution is 2.25. The van der Waals surface area contributed by atoms with Crippen LogP contribution in [0.5, 0.6) is 0 Å². The van der Waals surface area contributed by atoms with Crippen molar-refractivity contribution in [3.63, 3.8) is 0 Å². The minimum atomic E-state index is -3.25. The number of halogens is 1. The van der Waals surface area contributed by atoms with Gasteiger partial charge in [-0.1, -0.05) is 18.2 Å². The molecule has 7 heteroatoms. The lowest BCUT2D eigenvalue weighted by atomic mass is 10.1. The fraction of sp³-hybridized carbons (Fsp3) is 0.133. The van der Waals surface area contributed by atoms with Gasteiger partial charge in [0, 0.05) is 23.1 Å². The van der Waals surface area contributed by atoms with E-state index in [2.05, 4.69) is 9.71 Å². The van der Waals surface area contributed by atoms with E-state index in [0.717, 1.165) is 28.9 Å². The van der Waals surface area contributed by atoms with Crippen LogP contribution in [0.15, 0.2) is 48.7 Å². The van der Waals surface area contributed by atoms with Crippen LogP contribution in [0.25, 0.3) is 16.9 Å². The Balaban J connectivity index is 0.00000176. The number of benzene rings is 1. The first-order valence-electron chi connectivity index (χ1n) is 6.46. The average Bonchev–Trinajstić information content (AvgIpc) is 2.76. The lowest BCUT2D eigenvalue weighted by Gasteiger charge is -2.05. The van der Waals surface area contributed by atoms with E-state index in [0.29, 0.717) is 5.69 Å². The standard InChI is InChI=1S/C15H15N3O2S.ClH/c1-11-15(16-14-5-3-4-10-18(11)14)12-6-8-13(9-7-12)17-21(2,19)20;/h3-10,17H,1-2H3;1H. The summed E-state index contributed by atoms with van der Waals surface area (Å²) in [5, 5.41) is 0. The molecule has 0 unspecified atom stereocenters. The van der Waals surface area contributed by atoms with Crippen molar-refractivity contribution >= 4 is 33.8 Å². The van der Waals surface area contributed by atoms with Gasteiger partial charge in [-0.15, -0.1) is 12.4 Å². The molecule has 22 heavy (non-hydrogen) atoms. The number of aryl methyl sites for hydroxylation is 1. The molecule has 0 bridgehead atoms. The van der Waals surface area contributed by atoms with E-state index in [1.165, 1.54) is 0 Å². The Morgan fingerprint density at radius 3 is 2.36 bits per heavy atom. The van der Waals surface area contributed by atoms with Crippen LogP contribution < -0.4 is 4.72 Å². The van der Waals surface area contributed by atoms with Crippen molar-refractivity contribution in [2.24, 2.45) is 0 Å². The van der Waals surface area contributed by atoms with Gasteiger partial charge in [-0.2, -0.15) is 0 Å². The topological polar surface area (TPSA) is 63.5 Å². The van der Waals surface area contributed by atoms with Gasteiger partial charge >= 0.3 is 0 Å². The summed E-state index contributed by atoms with van der Waals surface area (Å²) >= 11 is 0. The number of fused-ring (bicyclic) bond motifs is 1. The Bertz CT molecular complexity index is 902. The average molecular weight is 338 g/mol.